The van der Waals surface area contributed by atoms with Gasteiger partial charge in [-0.25, -0.2) is 0 Å². The molecule has 0 bridgehead atoms. The Morgan fingerprint density at radius 1 is 1.31 bits per heavy atom. The van der Waals surface area contributed by atoms with Crippen LogP contribution in [0.2, 0.25) is 5.02 Å². The van der Waals surface area contributed by atoms with Crippen molar-refractivity contribution in [2.45, 2.75) is 25.9 Å². The Hall–Kier alpha value is -2.32. The standard InChI is InChI=1S/C17H19ClN6OS/c1-10-5-6-13(7-14(10)18)24-9-19-21-17(24)26-8-15(25)20-16-11(2)22-23(4)12(16)3/h5-7,9H,8H2,1-4H3,(H,20,25). The molecule has 1 N–H and O–H groups in total. The molecule has 0 aliphatic carbocycles. The highest BCUT2D eigenvalue weighted by molar-refractivity contribution is 7.99. The van der Waals surface area contributed by atoms with Crippen LogP contribution in [0.4, 0.5) is 5.69 Å². The third kappa shape index (κ3) is 3.76. The molecule has 0 aliphatic rings. The number of thioether (sulfide) groups is 1. The monoisotopic (exact) mass is 390 g/mol. The number of carbonyl (C=O) groups is 1. The van der Waals surface area contributed by atoms with E-state index in [2.05, 4.69) is 20.6 Å². The van der Waals surface area contributed by atoms with Gasteiger partial charge in [-0.05, 0) is 38.5 Å². The zero-order chi connectivity index (χ0) is 18.8. The van der Waals surface area contributed by atoms with Gasteiger partial charge in [0.05, 0.1) is 28.5 Å². The van der Waals surface area contributed by atoms with Gasteiger partial charge in [0.2, 0.25) is 5.91 Å². The lowest BCUT2D eigenvalue weighted by Crippen LogP contribution is -2.15. The van der Waals surface area contributed by atoms with Crippen molar-refractivity contribution in [3.8, 4) is 5.69 Å². The first kappa shape index (κ1) is 18.5. The van der Waals surface area contributed by atoms with E-state index in [4.69, 9.17) is 11.6 Å². The molecule has 1 amide bonds. The van der Waals surface area contributed by atoms with E-state index >= 15 is 0 Å². The van der Waals surface area contributed by atoms with Gasteiger partial charge >= 0.3 is 0 Å². The van der Waals surface area contributed by atoms with Crippen LogP contribution in [0.1, 0.15) is 17.0 Å². The molecular weight excluding hydrogens is 372 g/mol. The van der Waals surface area contributed by atoms with E-state index in [1.807, 2.05) is 50.6 Å². The molecule has 0 saturated carbocycles. The van der Waals surface area contributed by atoms with Gasteiger partial charge < -0.3 is 5.32 Å². The van der Waals surface area contributed by atoms with Gasteiger partial charge in [0.25, 0.3) is 0 Å². The number of rotatable bonds is 5. The molecule has 2 aromatic heterocycles. The van der Waals surface area contributed by atoms with Gasteiger partial charge in [0.1, 0.15) is 6.33 Å². The number of nitrogens with one attached hydrogen (secondary N) is 1. The van der Waals surface area contributed by atoms with E-state index < -0.39 is 0 Å². The first-order chi connectivity index (χ1) is 12.4. The summed E-state index contributed by atoms with van der Waals surface area (Å²) in [5, 5.41) is 16.6. The number of halogens is 1. The van der Waals surface area contributed by atoms with Crippen molar-refractivity contribution < 1.29 is 4.79 Å². The van der Waals surface area contributed by atoms with Crippen LogP contribution in [-0.4, -0.2) is 36.2 Å². The molecule has 1 aromatic carbocycles. The molecule has 0 aliphatic heterocycles. The van der Waals surface area contributed by atoms with Crippen LogP contribution in [0.5, 0.6) is 0 Å². The van der Waals surface area contributed by atoms with E-state index in [1.165, 1.54) is 11.8 Å². The van der Waals surface area contributed by atoms with Crippen LogP contribution in [0.15, 0.2) is 29.7 Å². The van der Waals surface area contributed by atoms with Crippen LogP contribution >= 0.6 is 23.4 Å². The maximum absolute atomic E-state index is 12.3. The predicted molar refractivity (Wildman–Crippen MR) is 103 cm³/mol. The average molecular weight is 391 g/mol. The number of nitrogens with zero attached hydrogens (tertiary/aromatic N) is 5. The van der Waals surface area contributed by atoms with Crippen molar-refractivity contribution in [3.05, 3.63) is 46.5 Å². The summed E-state index contributed by atoms with van der Waals surface area (Å²) in [6.45, 7) is 5.73. The maximum atomic E-state index is 12.3. The third-order valence-electron chi connectivity index (χ3n) is 4.06. The summed E-state index contributed by atoms with van der Waals surface area (Å²) in [4.78, 5) is 12.3. The van der Waals surface area contributed by atoms with Crippen LogP contribution in [0, 0.1) is 20.8 Å². The van der Waals surface area contributed by atoms with E-state index in [9.17, 15) is 4.79 Å². The highest BCUT2D eigenvalue weighted by atomic mass is 35.5. The summed E-state index contributed by atoms with van der Waals surface area (Å²) in [7, 11) is 1.85. The minimum Gasteiger partial charge on any atom is -0.322 e. The molecule has 0 radical (unpaired) electrons. The summed E-state index contributed by atoms with van der Waals surface area (Å²) in [5.41, 5.74) is 4.32. The number of carbonyl (C=O) groups excluding carboxylic acids is 1. The van der Waals surface area contributed by atoms with Crippen molar-refractivity contribution in [1.82, 2.24) is 24.5 Å². The topological polar surface area (TPSA) is 77.6 Å². The van der Waals surface area contributed by atoms with Gasteiger partial charge in [-0.2, -0.15) is 5.10 Å². The number of benzene rings is 1. The fraction of sp³-hybridized carbons (Fsp3) is 0.294. The van der Waals surface area contributed by atoms with Gasteiger partial charge in [-0.1, -0.05) is 29.4 Å². The minimum absolute atomic E-state index is 0.120. The molecule has 7 nitrogen and oxygen atoms in total. The minimum atomic E-state index is -0.120. The molecule has 26 heavy (non-hydrogen) atoms. The van der Waals surface area contributed by atoms with Crippen molar-refractivity contribution >= 4 is 35.0 Å². The zero-order valence-electron chi connectivity index (χ0n) is 14.9. The van der Waals surface area contributed by atoms with E-state index in [1.54, 1.807) is 11.0 Å². The summed E-state index contributed by atoms with van der Waals surface area (Å²) in [5.74, 6) is 0.0946. The first-order valence-corrected chi connectivity index (χ1v) is 9.32. The molecule has 3 rings (SSSR count). The van der Waals surface area contributed by atoms with Crippen molar-refractivity contribution in [2.75, 3.05) is 11.1 Å². The molecule has 0 atom stereocenters. The van der Waals surface area contributed by atoms with E-state index in [-0.39, 0.29) is 11.7 Å². The van der Waals surface area contributed by atoms with Gasteiger partial charge in [-0.15, -0.1) is 10.2 Å². The van der Waals surface area contributed by atoms with Gasteiger partial charge in [0.15, 0.2) is 5.16 Å². The normalized spacial score (nSPS) is 11.0. The lowest BCUT2D eigenvalue weighted by atomic mass is 10.2. The fourth-order valence-electron chi connectivity index (χ4n) is 2.49. The van der Waals surface area contributed by atoms with Gasteiger partial charge in [0, 0.05) is 12.1 Å². The molecule has 0 fully saturated rings. The van der Waals surface area contributed by atoms with Crippen molar-refractivity contribution in [1.29, 1.82) is 0 Å². The summed E-state index contributed by atoms with van der Waals surface area (Å²) in [6, 6.07) is 5.73. The van der Waals surface area contributed by atoms with Crippen LogP contribution in [-0.2, 0) is 11.8 Å². The number of hydrogen-bond acceptors (Lipinski definition) is 5. The molecule has 0 unspecified atom stereocenters. The SMILES string of the molecule is Cc1ccc(-n2cnnc2SCC(=O)Nc2c(C)nn(C)c2C)cc1Cl. The highest BCUT2D eigenvalue weighted by Gasteiger charge is 2.15. The third-order valence-corrected chi connectivity index (χ3v) is 5.41. The molecule has 2 heterocycles. The Balaban J connectivity index is 1.70. The second-order valence-electron chi connectivity index (χ2n) is 5.92. The largest absolute Gasteiger partial charge is 0.322 e. The summed E-state index contributed by atoms with van der Waals surface area (Å²) in [6.07, 6.45) is 1.61. The second-order valence-corrected chi connectivity index (χ2v) is 7.27. The van der Waals surface area contributed by atoms with E-state index in [0.29, 0.717) is 10.2 Å². The smallest absolute Gasteiger partial charge is 0.234 e. The van der Waals surface area contributed by atoms with Gasteiger partial charge in [-0.3, -0.25) is 14.0 Å². The first-order valence-electron chi connectivity index (χ1n) is 7.96. The summed E-state index contributed by atoms with van der Waals surface area (Å²) >= 11 is 7.51. The molecule has 9 heteroatoms. The number of amides is 1. The second kappa shape index (κ2) is 7.51. The number of aromatic nitrogens is 5. The quantitative estimate of drug-likeness (QED) is 0.676. The van der Waals surface area contributed by atoms with Crippen LogP contribution in [0.3, 0.4) is 0 Å². The average Bonchev–Trinajstić information content (AvgIpc) is 3.16. The van der Waals surface area contributed by atoms with Crippen LogP contribution in [0.25, 0.3) is 5.69 Å². The highest BCUT2D eigenvalue weighted by Crippen LogP contribution is 2.24. The zero-order valence-corrected chi connectivity index (χ0v) is 16.5. The molecule has 3 aromatic rings. The number of hydrogen-bond donors (Lipinski definition) is 1. The van der Waals surface area contributed by atoms with E-state index in [0.717, 1.165) is 28.3 Å². The predicted octanol–water partition coefficient (Wildman–Crippen LogP) is 3.31. The molecular formula is C17H19ClN6OS. The lowest BCUT2D eigenvalue weighted by Gasteiger charge is -2.08. The summed E-state index contributed by atoms with van der Waals surface area (Å²) < 4.78 is 3.56. The fourth-order valence-corrected chi connectivity index (χ4v) is 3.40. The Kier molecular flexibility index (Phi) is 5.33. The Morgan fingerprint density at radius 2 is 2.08 bits per heavy atom. The number of aryl methyl sites for hydroxylation is 3. The Bertz CT molecular complexity index is 964. The lowest BCUT2D eigenvalue weighted by molar-refractivity contribution is -0.113. The number of anilines is 1. The maximum Gasteiger partial charge on any atom is 0.234 e. The molecule has 0 spiro atoms. The Morgan fingerprint density at radius 3 is 2.73 bits per heavy atom. The Labute approximate surface area is 160 Å². The molecule has 136 valence electrons. The molecule has 0 saturated heterocycles. The van der Waals surface area contributed by atoms with Crippen molar-refractivity contribution in [3.63, 3.8) is 0 Å². The van der Waals surface area contributed by atoms with Crippen molar-refractivity contribution in [2.24, 2.45) is 7.05 Å². The van der Waals surface area contributed by atoms with Crippen LogP contribution < -0.4 is 5.32 Å².